The topological polar surface area (TPSA) is 20.3 Å². The normalized spacial score (nSPS) is 26.7. The lowest BCUT2D eigenvalue weighted by molar-refractivity contribution is -0.115. The molecule has 0 radical (unpaired) electrons. The van der Waals surface area contributed by atoms with E-state index in [2.05, 4.69) is 48.5 Å². The van der Waals surface area contributed by atoms with Gasteiger partial charge in [0.25, 0.3) is 0 Å². The van der Waals surface area contributed by atoms with Gasteiger partial charge in [0.05, 0.1) is 0 Å². The number of carbonyl (C=O) groups excluding carboxylic acids is 1. The van der Waals surface area contributed by atoms with Gasteiger partial charge in [0.1, 0.15) is 0 Å². The van der Waals surface area contributed by atoms with Crippen molar-refractivity contribution in [3.05, 3.63) is 54.2 Å². The molecule has 1 aromatic carbocycles. The molecular weight excluding hydrogens is 234 g/mol. The largest absolute Gasteiger partial charge is 0.380 e. The monoisotopic (exact) mass is 253 g/mol. The molecule has 0 saturated heterocycles. The molecule has 0 spiro atoms. The predicted octanol–water partition coefficient (Wildman–Crippen LogP) is 3.12. The van der Waals surface area contributed by atoms with Crippen molar-refractivity contribution in [2.75, 3.05) is 13.6 Å². The van der Waals surface area contributed by atoms with E-state index in [0.717, 1.165) is 13.0 Å². The van der Waals surface area contributed by atoms with Crippen molar-refractivity contribution >= 4 is 11.4 Å². The quantitative estimate of drug-likeness (QED) is 0.766. The molecule has 0 aromatic heterocycles. The fraction of sp³-hybridized carbons (Fsp3) is 0.353. The number of allylic oxidation sites excluding steroid dienone is 3. The highest BCUT2D eigenvalue weighted by Crippen LogP contribution is 2.39. The van der Waals surface area contributed by atoms with Crippen molar-refractivity contribution in [2.45, 2.75) is 12.8 Å². The van der Waals surface area contributed by atoms with Gasteiger partial charge in [-0.15, -0.1) is 0 Å². The summed E-state index contributed by atoms with van der Waals surface area (Å²) in [5.41, 5.74) is 2.55. The number of fused-ring (bicyclic) bond motifs is 1. The second-order valence-corrected chi connectivity index (χ2v) is 5.52. The summed E-state index contributed by atoms with van der Waals surface area (Å²) in [5.74, 6) is 1.09. The number of nitrogens with zero attached hydrogens (tertiary/aromatic N) is 1. The van der Waals surface area contributed by atoms with Crippen LogP contribution in [-0.4, -0.2) is 24.3 Å². The van der Waals surface area contributed by atoms with Gasteiger partial charge in [-0.2, -0.15) is 0 Å². The Morgan fingerprint density at radius 3 is 2.79 bits per heavy atom. The van der Waals surface area contributed by atoms with E-state index in [1.165, 1.54) is 11.1 Å². The first-order valence-corrected chi connectivity index (χ1v) is 6.92. The molecule has 98 valence electrons. The number of hydrogen-bond acceptors (Lipinski definition) is 2. The Bertz CT molecular complexity index is 529. The van der Waals surface area contributed by atoms with Crippen LogP contribution in [0.5, 0.6) is 0 Å². The van der Waals surface area contributed by atoms with Crippen molar-refractivity contribution < 1.29 is 4.79 Å². The molecule has 0 saturated carbocycles. The van der Waals surface area contributed by atoms with E-state index in [0.29, 0.717) is 18.3 Å². The molecule has 1 aromatic rings. The summed E-state index contributed by atoms with van der Waals surface area (Å²) in [5, 5.41) is 0. The SMILES string of the molecule is CN1C=C(c2ccccc2)C2CC(=O)C=CC2CC1. The summed E-state index contributed by atoms with van der Waals surface area (Å²) in [7, 11) is 2.12. The third-order valence-corrected chi connectivity index (χ3v) is 4.15. The van der Waals surface area contributed by atoms with Gasteiger partial charge >= 0.3 is 0 Å². The van der Waals surface area contributed by atoms with Crippen LogP contribution in [-0.2, 0) is 4.79 Å². The lowest BCUT2D eigenvalue weighted by Crippen LogP contribution is -2.22. The summed E-state index contributed by atoms with van der Waals surface area (Å²) in [4.78, 5) is 14.0. The van der Waals surface area contributed by atoms with Crippen molar-refractivity contribution in [3.8, 4) is 0 Å². The molecule has 1 heterocycles. The molecule has 2 unspecified atom stereocenters. The summed E-state index contributed by atoms with van der Waals surface area (Å²) in [6, 6.07) is 10.5. The van der Waals surface area contributed by atoms with Gasteiger partial charge in [0.2, 0.25) is 0 Å². The van der Waals surface area contributed by atoms with E-state index >= 15 is 0 Å². The van der Waals surface area contributed by atoms with Crippen LogP contribution in [0.25, 0.3) is 5.57 Å². The zero-order valence-electron chi connectivity index (χ0n) is 11.3. The fourth-order valence-corrected chi connectivity index (χ4v) is 3.11. The lowest BCUT2D eigenvalue weighted by Gasteiger charge is -2.27. The number of benzene rings is 1. The van der Waals surface area contributed by atoms with Crippen LogP contribution in [0.4, 0.5) is 0 Å². The molecule has 0 bridgehead atoms. The summed E-state index contributed by atoms with van der Waals surface area (Å²) < 4.78 is 0. The lowest BCUT2D eigenvalue weighted by atomic mass is 9.76. The third kappa shape index (κ3) is 2.48. The highest BCUT2D eigenvalue weighted by atomic mass is 16.1. The zero-order chi connectivity index (χ0) is 13.2. The molecule has 0 fully saturated rings. The maximum absolute atomic E-state index is 11.8. The van der Waals surface area contributed by atoms with Crippen LogP contribution in [0.3, 0.4) is 0 Å². The van der Waals surface area contributed by atoms with Gasteiger partial charge in [-0.25, -0.2) is 0 Å². The van der Waals surface area contributed by atoms with Crippen molar-refractivity contribution in [2.24, 2.45) is 11.8 Å². The highest BCUT2D eigenvalue weighted by Gasteiger charge is 2.31. The van der Waals surface area contributed by atoms with E-state index in [-0.39, 0.29) is 5.78 Å². The Labute approximate surface area is 114 Å². The van der Waals surface area contributed by atoms with E-state index in [4.69, 9.17) is 0 Å². The minimum atomic E-state index is 0.257. The van der Waals surface area contributed by atoms with Gasteiger partial charge in [-0.1, -0.05) is 36.4 Å². The molecule has 19 heavy (non-hydrogen) atoms. The van der Waals surface area contributed by atoms with Gasteiger partial charge < -0.3 is 4.90 Å². The molecule has 2 atom stereocenters. The minimum absolute atomic E-state index is 0.257. The number of hydrogen-bond donors (Lipinski definition) is 0. The van der Waals surface area contributed by atoms with Gasteiger partial charge in [-0.05, 0) is 35.5 Å². The first-order chi connectivity index (χ1) is 9.24. The molecule has 2 heteroatoms. The first-order valence-electron chi connectivity index (χ1n) is 6.92. The second kappa shape index (κ2) is 5.04. The predicted molar refractivity (Wildman–Crippen MR) is 77.4 cm³/mol. The standard InChI is InChI=1S/C17H19NO/c1-18-10-9-14-7-8-15(19)11-16(14)17(12-18)13-5-3-2-4-6-13/h2-8,12,14,16H,9-11H2,1H3. The summed E-state index contributed by atoms with van der Waals surface area (Å²) in [6.45, 7) is 1.05. The average molecular weight is 253 g/mol. The average Bonchev–Trinajstić information content (AvgIpc) is 2.59. The van der Waals surface area contributed by atoms with Gasteiger partial charge in [-0.3, -0.25) is 4.79 Å². The third-order valence-electron chi connectivity index (χ3n) is 4.15. The van der Waals surface area contributed by atoms with Gasteiger partial charge in [0, 0.05) is 26.2 Å². The van der Waals surface area contributed by atoms with E-state index < -0.39 is 0 Å². The minimum Gasteiger partial charge on any atom is -0.380 e. The zero-order valence-corrected chi connectivity index (χ0v) is 11.3. The van der Waals surface area contributed by atoms with Crippen LogP contribution in [0.15, 0.2) is 48.7 Å². The maximum Gasteiger partial charge on any atom is 0.156 e. The van der Waals surface area contributed by atoms with Crippen LogP contribution < -0.4 is 0 Å². The number of ketones is 1. The molecule has 1 aliphatic heterocycles. The van der Waals surface area contributed by atoms with Gasteiger partial charge in [0.15, 0.2) is 5.78 Å². The molecular formula is C17H19NO. The van der Waals surface area contributed by atoms with Crippen molar-refractivity contribution in [1.29, 1.82) is 0 Å². The van der Waals surface area contributed by atoms with Crippen LogP contribution in [0.1, 0.15) is 18.4 Å². The Morgan fingerprint density at radius 2 is 2.00 bits per heavy atom. The second-order valence-electron chi connectivity index (χ2n) is 5.52. The van der Waals surface area contributed by atoms with Crippen molar-refractivity contribution in [1.82, 2.24) is 4.90 Å². The Kier molecular flexibility index (Phi) is 3.24. The fourth-order valence-electron chi connectivity index (χ4n) is 3.11. The summed E-state index contributed by atoms with van der Waals surface area (Å²) >= 11 is 0. The highest BCUT2D eigenvalue weighted by molar-refractivity contribution is 5.92. The molecule has 3 rings (SSSR count). The molecule has 0 amide bonds. The van der Waals surface area contributed by atoms with Crippen LogP contribution >= 0.6 is 0 Å². The van der Waals surface area contributed by atoms with E-state index in [9.17, 15) is 4.79 Å². The summed E-state index contributed by atoms with van der Waals surface area (Å²) in [6.07, 6.45) is 7.89. The Hall–Kier alpha value is -1.83. The van der Waals surface area contributed by atoms with Crippen LogP contribution in [0.2, 0.25) is 0 Å². The Morgan fingerprint density at radius 1 is 1.21 bits per heavy atom. The Balaban J connectivity index is 2.03. The van der Waals surface area contributed by atoms with E-state index in [1.807, 2.05) is 6.07 Å². The molecule has 0 N–H and O–H groups in total. The number of rotatable bonds is 1. The maximum atomic E-state index is 11.8. The smallest absolute Gasteiger partial charge is 0.156 e. The molecule has 2 aliphatic rings. The van der Waals surface area contributed by atoms with E-state index in [1.54, 1.807) is 6.08 Å². The first kappa shape index (κ1) is 12.2. The number of carbonyl (C=O) groups is 1. The molecule has 2 nitrogen and oxygen atoms in total. The van der Waals surface area contributed by atoms with Crippen molar-refractivity contribution in [3.63, 3.8) is 0 Å². The van der Waals surface area contributed by atoms with Crippen LogP contribution in [0, 0.1) is 11.8 Å². The molecule has 1 aliphatic carbocycles.